The van der Waals surface area contributed by atoms with Gasteiger partial charge in [-0.05, 0) is 43.2 Å². The van der Waals surface area contributed by atoms with Crippen LogP contribution < -0.4 is 5.73 Å². The van der Waals surface area contributed by atoms with E-state index < -0.39 is 0 Å². The first-order chi connectivity index (χ1) is 8.22. The number of aliphatic hydroxyl groups is 1. The van der Waals surface area contributed by atoms with E-state index in [1.54, 1.807) is 0 Å². The van der Waals surface area contributed by atoms with Gasteiger partial charge < -0.3 is 10.8 Å². The molecule has 3 N–H and O–H groups in total. The van der Waals surface area contributed by atoms with E-state index in [0.717, 1.165) is 32.1 Å². The Balaban J connectivity index is 2.34. The lowest BCUT2D eigenvalue weighted by Gasteiger charge is -2.39. The number of aliphatic hydroxyl groups excluding tert-OH is 1. The fourth-order valence-corrected chi connectivity index (χ4v) is 3.08. The van der Waals surface area contributed by atoms with Crippen LogP contribution in [-0.4, -0.2) is 17.8 Å². The van der Waals surface area contributed by atoms with E-state index in [-0.39, 0.29) is 11.5 Å². The van der Waals surface area contributed by atoms with Gasteiger partial charge in [0, 0.05) is 12.0 Å². The Morgan fingerprint density at radius 3 is 2.53 bits per heavy atom. The topological polar surface area (TPSA) is 46.2 Å². The normalized spacial score (nSPS) is 29.2. The van der Waals surface area contributed by atoms with Gasteiger partial charge in [0.05, 0.1) is 6.10 Å². The molecule has 0 atom stereocenters. The molecule has 0 spiro atoms. The SMILES string of the molecule is CCc1ccccc1C1(CN)CCC(O)CC1. The monoisotopic (exact) mass is 233 g/mol. The summed E-state index contributed by atoms with van der Waals surface area (Å²) in [7, 11) is 0. The third-order valence-electron chi connectivity index (χ3n) is 4.27. The molecule has 1 aromatic carbocycles. The Morgan fingerprint density at radius 1 is 1.29 bits per heavy atom. The third kappa shape index (κ3) is 2.38. The highest BCUT2D eigenvalue weighted by Crippen LogP contribution is 2.40. The van der Waals surface area contributed by atoms with Gasteiger partial charge in [-0.1, -0.05) is 31.2 Å². The lowest BCUT2D eigenvalue weighted by Crippen LogP contribution is -2.40. The van der Waals surface area contributed by atoms with Crippen LogP contribution in [0.4, 0.5) is 0 Å². The van der Waals surface area contributed by atoms with Crippen molar-refractivity contribution in [3.8, 4) is 0 Å². The summed E-state index contributed by atoms with van der Waals surface area (Å²) in [5, 5.41) is 9.67. The van der Waals surface area contributed by atoms with Gasteiger partial charge in [0.15, 0.2) is 0 Å². The Kier molecular flexibility index (Phi) is 3.85. The van der Waals surface area contributed by atoms with E-state index in [1.165, 1.54) is 11.1 Å². The minimum Gasteiger partial charge on any atom is -0.393 e. The van der Waals surface area contributed by atoms with Crippen molar-refractivity contribution in [3.63, 3.8) is 0 Å². The van der Waals surface area contributed by atoms with Crippen LogP contribution in [0, 0.1) is 0 Å². The van der Waals surface area contributed by atoms with Gasteiger partial charge in [-0.25, -0.2) is 0 Å². The lowest BCUT2D eigenvalue weighted by molar-refractivity contribution is 0.0972. The molecule has 0 radical (unpaired) electrons. The van der Waals surface area contributed by atoms with E-state index in [1.807, 2.05) is 0 Å². The van der Waals surface area contributed by atoms with Crippen molar-refractivity contribution in [2.24, 2.45) is 5.73 Å². The number of aryl methyl sites for hydroxylation is 1. The minimum atomic E-state index is -0.122. The molecule has 2 nitrogen and oxygen atoms in total. The second-order valence-corrected chi connectivity index (χ2v) is 5.23. The zero-order chi connectivity index (χ0) is 12.3. The van der Waals surface area contributed by atoms with Crippen LogP contribution >= 0.6 is 0 Å². The van der Waals surface area contributed by atoms with Crippen LogP contribution in [0.15, 0.2) is 24.3 Å². The lowest BCUT2D eigenvalue weighted by atomic mass is 9.67. The molecular weight excluding hydrogens is 210 g/mol. The fourth-order valence-electron chi connectivity index (χ4n) is 3.08. The van der Waals surface area contributed by atoms with E-state index >= 15 is 0 Å². The summed E-state index contributed by atoms with van der Waals surface area (Å²) in [6.07, 6.45) is 4.73. The molecule has 1 aromatic rings. The van der Waals surface area contributed by atoms with Crippen LogP contribution in [0.5, 0.6) is 0 Å². The van der Waals surface area contributed by atoms with Crippen LogP contribution in [0.1, 0.15) is 43.7 Å². The molecule has 2 rings (SSSR count). The molecule has 17 heavy (non-hydrogen) atoms. The Hall–Kier alpha value is -0.860. The average molecular weight is 233 g/mol. The number of hydrogen-bond acceptors (Lipinski definition) is 2. The van der Waals surface area contributed by atoms with Crippen LogP contribution in [0.3, 0.4) is 0 Å². The molecule has 0 aliphatic heterocycles. The smallest absolute Gasteiger partial charge is 0.0541 e. The molecule has 0 amide bonds. The van der Waals surface area contributed by atoms with E-state index in [0.29, 0.717) is 6.54 Å². The van der Waals surface area contributed by atoms with Gasteiger partial charge in [0.25, 0.3) is 0 Å². The summed E-state index contributed by atoms with van der Waals surface area (Å²) < 4.78 is 0. The van der Waals surface area contributed by atoms with Gasteiger partial charge >= 0.3 is 0 Å². The highest BCUT2D eigenvalue weighted by molar-refractivity contribution is 5.35. The van der Waals surface area contributed by atoms with Crippen molar-refractivity contribution in [2.75, 3.05) is 6.54 Å². The number of rotatable bonds is 3. The zero-order valence-electron chi connectivity index (χ0n) is 10.7. The predicted molar refractivity (Wildman–Crippen MR) is 71.0 cm³/mol. The van der Waals surface area contributed by atoms with Crippen molar-refractivity contribution >= 4 is 0 Å². The third-order valence-corrected chi connectivity index (χ3v) is 4.27. The van der Waals surface area contributed by atoms with Crippen molar-refractivity contribution < 1.29 is 5.11 Å². The maximum absolute atomic E-state index is 9.67. The standard InChI is InChI=1S/C15H23NO/c1-2-12-5-3-4-6-14(12)15(11-16)9-7-13(17)8-10-15/h3-6,13,17H,2,7-11,16H2,1H3. The molecule has 1 saturated carbocycles. The molecule has 1 fully saturated rings. The summed E-state index contributed by atoms with van der Waals surface area (Å²) in [5.41, 5.74) is 8.99. The molecule has 0 saturated heterocycles. The van der Waals surface area contributed by atoms with E-state index in [4.69, 9.17) is 5.73 Å². The first kappa shape index (κ1) is 12.6. The fraction of sp³-hybridized carbons (Fsp3) is 0.600. The summed E-state index contributed by atoms with van der Waals surface area (Å²) in [5.74, 6) is 0. The summed E-state index contributed by atoms with van der Waals surface area (Å²) in [6, 6.07) is 8.64. The molecule has 0 aromatic heterocycles. The molecular formula is C15H23NO. The predicted octanol–water partition coefficient (Wildman–Crippen LogP) is 2.38. The van der Waals surface area contributed by atoms with Crippen molar-refractivity contribution in [3.05, 3.63) is 35.4 Å². The van der Waals surface area contributed by atoms with E-state index in [9.17, 15) is 5.11 Å². The molecule has 94 valence electrons. The van der Waals surface area contributed by atoms with E-state index in [2.05, 4.69) is 31.2 Å². The Morgan fingerprint density at radius 2 is 1.94 bits per heavy atom. The van der Waals surface area contributed by atoms with Crippen molar-refractivity contribution in [1.82, 2.24) is 0 Å². The second kappa shape index (κ2) is 5.19. The molecule has 1 aliphatic carbocycles. The first-order valence-corrected chi connectivity index (χ1v) is 6.68. The van der Waals surface area contributed by atoms with Crippen molar-refractivity contribution in [2.45, 2.75) is 50.5 Å². The number of nitrogens with two attached hydrogens (primary N) is 1. The van der Waals surface area contributed by atoms with Gasteiger partial charge in [-0.15, -0.1) is 0 Å². The first-order valence-electron chi connectivity index (χ1n) is 6.68. The molecule has 0 unspecified atom stereocenters. The minimum absolute atomic E-state index is 0.103. The number of benzene rings is 1. The van der Waals surface area contributed by atoms with Crippen LogP contribution in [-0.2, 0) is 11.8 Å². The highest BCUT2D eigenvalue weighted by Gasteiger charge is 2.36. The molecule has 1 aliphatic rings. The van der Waals surface area contributed by atoms with Gasteiger partial charge in [-0.2, -0.15) is 0 Å². The van der Waals surface area contributed by atoms with Crippen molar-refractivity contribution in [1.29, 1.82) is 0 Å². The largest absolute Gasteiger partial charge is 0.393 e. The summed E-state index contributed by atoms with van der Waals surface area (Å²) >= 11 is 0. The maximum Gasteiger partial charge on any atom is 0.0541 e. The maximum atomic E-state index is 9.67. The zero-order valence-corrected chi connectivity index (χ0v) is 10.7. The average Bonchev–Trinajstić information content (AvgIpc) is 2.40. The van der Waals surface area contributed by atoms with Gasteiger partial charge in [0.2, 0.25) is 0 Å². The highest BCUT2D eigenvalue weighted by atomic mass is 16.3. The molecule has 0 heterocycles. The van der Waals surface area contributed by atoms with Crippen LogP contribution in [0.2, 0.25) is 0 Å². The van der Waals surface area contributed by atoms with Crippen LogP contribution in [0.25, 0.3) is 0 Å². The molecule has 2 heteroatoms. The second-order valence-electron chi connectivity index (χ2n) is 5.23. The molecule has 0 bridgehead atoms. The van der Waals surface area contributed by atoms with Gasteiger partial charge in [-0.3, -0.25) is 0 Å². The number of hydrogen-bond donors (Lipinski definition) is 2. The van der Waals surface area contributed by atoms with Gasteiger partial charge in [0.1, 0.15) is 0 Å². The summed E-state index contributed by atoms with van der Waals surface area (Å²) in [4.78, 5) is 0. The summed E-state index contributed by atoms with van der Waals surface area (Å²) in [6.45, 7) is 2.89. The Bertz CT molecular complexity index is 367. The Labute approximate surface area is 104 Å². The quantitative estimate of drug-likeness (QED) is 0.842.